The highest BCUT2D eigenvalue weighted by Crippen LogP contribution is 2.23. The summed E-state index contributed by atoms with van der Waals surface area (Å²) < 4.78 is 23.2. The lowest BCUT2D eigenvalue weighted by atomic mass is 10.0. The number of nitrogens with zero attached hydrogens (tertiary/aromatic N) is 1. The van der Waals surface area contributed by atoms with E-state index in [-0.39, 0.29) is 18.8 Å². The number of carbonyl (C=O) groups excluding carboxylic acids is 2. The van der Waals surface area contributed by atoms with Crippen LogP contribution in [0.4, 0.5) is 9.18 Å². The van der Waals surface area contributed by atoms with Gasteiger partial charge in [-0.15, -0.1) is 0 Å². The van der Waals surface area contributed by atoms with Crippen molar-refractivity contribution in [2.75, 3.05) is 20.3 Å². The first-order chi connectivity index (χ1) is 12.5. The first-order valence-corrected chi connectivity index (χ1v) is 7.92. The number of primary amides is 1. The molecule has 0 atom stereocenters. The fourth-order valence-electron chi connectivity index (χ4n) is 2.23. The van der Waals surface area contributed by atoms with Crippen molar-refractivity contribution in [3.8, 4) is 11.3 Å². The van der Waals surface area contributed by atoms with E-state index in [2.05, 4.69) is 10.3 Å². The lowest BCUT2D eigenvalue weighted by molar-refractivity contribution is -0.117. The van der Waals surface area contributed by atoms with Crippen molar-refractivity contribution in [3.63, 3.8) is 0 Å². The smallest absolute Gasteiger partial charge is 0.407 e. The van der Waals surface area contributed by atoms with Crippen molar-refractivity contribution >= 4 is 12.0 Å². The van der Waals surface area contributed by atoms with E-state index in [0.717, 1.165) is 0 Å². The molecule has 0 aliphatic carbocycles. The van der Waals surface area contributed by atoms with Crippen LogP contribution in [0.2, 0.25) is 0 Å². The highest BCUT2D eigenvalue weighted by Gasteiger charge is 2.12. The number of pyridine rings is 1. The summed E-state index contributed by atoms with van der Waals surface area (Å²) in [7, 11) is 1.53. The van der Waals surface area contributed by atoms with Crippen LogP contribution in [0.5, 0.6) is 0 Å². The molecule has 8 heteroatoms. The zero-order valence-corrected chi connectivity index (χ0v) is 14.3. The summed E-state index contributed by atoms with van der Waals surface area (Å²) in [4.78, 5) is 27.2. The number of amides is 2. The second kappa shape index (κ2) is 9.47. The van der Waals surface area contributed by atoms with Crippen molar-refractivity contribution in [1.82, 2.24) is 10.3 Å². The van der Waals surface area contributed by atoms with Crippen LogP contribution in [0.25, 0.3) is 11.3 Å². The quantitative estimate of drug-likeness (QED) is 0.698. The van der Waals surface area contributed by atoms with Gasteiger partial charge in [-0.25, -0.2) is 9.18 Å². The summed E-state index contributed by atoms with van der Waals surface area (Å²) >= 11 is 0. The molecule has 0 saturated heterocycles. The number of rotatable bonds is 8. The summed E-state index contributed by atoms with van der Waals surface area (Å²) in [5.74, 6) is -0.888. The van der Waals surface area contributed by atoms with Crippen LogP contribution in [0.1, 0.15) is 11.3 Å². The Hall–Kier alpha value is -3.00. The van der Waals surface area contributed by atoms with Gasteiger partial charge in [0.1, 0.15) is 12.4 Å². The average molecular weight is 361 g/mol. The number of nitrogens with two attached hydrogens (primary N) is 1. The molecule has 1 aromatic carbocycles. The summed E-state index contributed by atoms with van der Waals surface area (Å²) in [5.41, 5.74) is 7.43. The first-order valence-electron chi connectivity index (χ1n) is 7.92. The van der Waals surface area contributed by atoms with Gasteiger partial charge in [0.2, 0.25) is 5.91 Å². The fraction of sp³-hybridized carbons (Fsp3) is 0.278. The monoisotopic (exact) mass is 361 g/mol. The number of hydrogen-bond donors (Lipinski definition) is 2. The number of aromatic nitrogens is 1. The van der Waals surface area contributed by atoms with Crippen molar-refractivity contribution in [2.24, 2.45) is 5.73 Å². The number of methoxy groups -OCH3 is 1. The average Bonchev–Trinajstić information content (AvgIpc) is 2.61. The Kier molecular flexibility index (Phi) is 7.04. The van der Waals surface area contributed by atoms with Gasteiger partial charge in [-0.2, -0.15) is 0 Å². The standard InChI is InChI=1S/C18H20FN3O4/c1-25-9-8-21-18(24)26-11-13-4-7-15(10-16(20)23)22-17(13)12-2-5-14(19)6-3-12/h2-7H,8-11H2,1H3,(H2,20,23)(H,21,24). The summed E-state index contributed by atoms with van der Waals surface area (Å²) in [6.45, 7) is 0.671. The maximum Gasteiger partial charge on any atom is 0.407 e. The third kappa shape index (κ3) is 5.82. The molecule has 0 radical (unpaired) electrons. The molecule has 0 unspecified atom stereocenters. The van der Waals surface area contributed by atoms with Gasteiger partial charge in [-0.05, 0) is 30.3 Å². The number of nitrogens with one attached hydrogen (secondary N) is 1. The molecular formula is C18H20FN3O4. The van der Waals surface area contributed by atoms with E-state index in [0.29, 0.717) is 35.7 Å². The summed E-state index contributed by atoms with van der Waals surface area (Å²) in [6, 6.07) is 9.08. The second-order valence-corrected chi connectivity index (χ2v) is 5.46. The fourth-order valence-corrected chi connectivity index (χ4v) is 2.23. The number of ether oxygens (including phenoxy) is 2. The molecule has 0 aliphatic rings. The van der Waals surface area contributed by atoms with Gasteiger partial charge in [0.05, 0.1) is 24.4 Å². The molecule has 1 heterocycles. The molecule has 0 fully saturated rings. The molecule has 2 amide bonds. The third-order valence-electron chi connectivity index (χ3n) is 3.44. The topological polar surface area (TPSA) is 104 Å². The molecule has 26 heavy (non-hydrogen) atoms. The normalized spacial score (nSPS) is 10.4. The van der Waals surface area contributed by atoms with E-state index < -0.39 is 12.0 Å². The first kappa shape index (κ1) is 19.3. The Morgan fingerprint density at radius 2 is 1.92 bits per heavy atom. The molecule has 3 N–H and O–H groups in total. The number of carbonyl (C=O) groups is 2. The van der Waals surface area contributed by atoms with Crippen LogP contribution >= 0.6 is 0 Å². The van der Waals surface area contributed by atoms with E-state index in [1.807, 2.05) is 0 Å². The van der Waals surface area contributed by atoms with E-state index in [1.54, 1.807) is 24.3 Å². The highest BCUT2D eigenvalue weighted by molar-refractivity contribution is 5.76. The van der Waals surface area contributed by atoms with E-state index in [4.69, 9.17) is 15.2 Å². The molecule has 0 saturated carbocycles. The summed E-state index contributed by atoms with van der Waals surface area (Å²) in [6.07, 6.45) is -0.611. The zero-order valence-electron chi connectivity index (χ0n) is 14.3. The van der Waals surface area contributed by atoms with Crippen LogP contribution in [-0.2, 0) is 27.3 Å². The molecular weight excluding hydrogens is 341 g/mol. The summed E-state index contributed by atoms with van der Waals surface area (Å²) in [5, 5.41) is 2.54. The number of alkyl carbamates (subject to hydrolysis) is 1. The molecule has 0 bridgehead atoms. The van der Waals surface area contributed by atoms with Crippen molar-refractivity contribution in [2.45, 2.75) is 13.0 Å². The lowest BCUT2D eigenvalue weighted by Gasteiger charge is -2.12. The van der Waals surface area contributed by atoms with Crippen molar-refractivity contribution < 1.29 is 23.5 Å². The molecule has 7 nitrogen and oxygen atoms in total. The largest absolute Gasteiger partial charge is 0.445 e. The highest BCUT2D eigenvalue weighted by atomic mass is 19.1. The van der Waals surface area contributed by atoms with Gasteiger partial charge < -0.3 is 20.5 Å². The Balaban J connectivity index is 2.19. The minimum absolute atomic E-state index is 0.0210. The van der Waals surface area contributed by atoms with Crippen molar-refractivity contribution in [1.29, 1.82) is 0 Å². The van der Waals surface area contributed by atoms with Gasteiger partial charge in [0.15, 0.2) is 0 Å². The van der Waals surface area contributed by atoms with E-state index in [9.17, 15) is 14.0 Å². The predicted molar refractivity (Wildman–Crippen MR) is 92.6 cm³/mol. The van der Waals surface area contributed by atoms with Crippen LogP contribution in [0.15, 0.2) is 36.4 Å². The number of hydrogen-bond acceptors (Lipinski definition) is 5. The molecule has 0 aliphatic heterocycles. The Labute approximate surface area is 150 Å². The molecule has 138 valence electrons. The van der Waals surface area contributed by atoms with Gasteiger partial charge in [-0.1, -0.05) is 6.07 Å². The van der Waals surface area contributed by atoms with Crippen LogP contribution in [0, 0.1) is 5.82 Å². The van der Waals surface area contributed by atoms with Gasteiger partial charge >= 0.3 is 6.09 Å². The van der Waals surface area contributed by atoms with Gasteiger partial charge in [-0.3, -0.25) is 9.78 Å². The SMILES string of the molecule is COCCNC(=O)OCc1ccc(CC(N)=O)nc1-c1ccc(F)cc1. The molecule has 2 rings (SSSR count). The van der Waals surface area contributed by atoms with E-state index >= 15 is 0 Å². The van der Waals surface area contributed by atoms with Crippen LogP contribution in [-0.4, -0.2) is 37.2 Å². The maximum absolute atomic E-state index is 13.2. The lowest BCUT2D eigenvalue weighted by Crippen LogP contribution is -2.27. The third-order valence-corrected chi connectivity index (χ3v) is 3.44. The van der Waals surface area contributed by atoms with Gasteiger partial charge in [0, 0.05) is 24.8 Å². The second-order valence-electron chi connectivity index (χ2n) is 5.46. The Morgan fingerprint density at radius 3 is 2.58 bits per heavy atom. The van der Waals surface area contributed by atoms with Crippen molar-refractivity contribution in [3.05, 3.63) is 53.5 Å². The van der Waals surface area contributed by atoms with Gasteiger partial charge in [0.25, 0.3) is 0 Å². The predicted octanol–water partition coefficient (Wildman–Crippen LogP) is 1.79. The van der Waals surface area contributed by atoms with Crippen LogP contribution < -0.4 is 11.1 Å². The Morgan fingerprint density at radius 1 is 1.19 bits per heavy atom. The number of halogens is 1. The van der Waals surface area contributed by atoms with Crippen LogP contribution in [0.3, 0.4) is 0 Å². The van der Waals surface area contributed by atoms with E-state index in [1.165, 1.54) is 19.2 Å². The molecule has 2 aromatic rings. The molecule has 0 spiro atoms. The molecule has 1 aromatic heterocycles. The Bertz CT molecular complexity index is 766. The minimum Gasteiger partial charge on any atom is -0.445 e. The maximum atomic E-state index is 13.2. The minimum atomic E-state index is -0.590. The zero-order chi connectivity index (χ0) is 18.9. The number of benzene rings is 1.